The second-order valence-corrected chi connectivity index (χ2v) is 7.86. The molecule has 0 saturated carbocycles. The fraction of sp³-hybridized carbons (Fsp3) is 0.222. The van der Waals surface area contributed by atoms with E-state index in [2.05, 4.69) is 55.5 Å². The molecule has 0 fully saturated rings. The van der Waals surface area contributed by atoms with Gasteiger partial charge in [-0.2, -0.15) is 0 Å². The molecule has 0 amide bonds. The van der Waals surface area contributed by atoms with Crippen LogP contribution in [0.5, 0.6) is 11.5 Å². The summed E-state index contributed by atoms with van der Waals surface area (Å²) in [6.45, 7) is 4.14. The van der Waals surface area contributed by atoms with Crippen molar-refractivity contribution in [2.24, 2.45) is 0 Å². The molecule has 150 valence electrons. The zero-order chi connectivity index (χ0) is 20.5. The minimum Gasteiger partial charge on any atom is -0.457 e. The summed E-state index contributed by atoms with van der Waals surface area (Å²) in [5, 5.41) is 0. The van der Waals surface area contributed by atoms with Crippen molar-refractivity contribution in [3.8, 4) is 22.8 Å². The van der Waals surface area contributed by atoms with Gasteiger partial charge in [-0.15, -0.1) is 0 Å². The van der Waals surface area contributed by atoms with E-state index in [1.165, 1.54) is 18.4 Å². The smallest absolute Gasteiger partial charge is 0.191 e. The van der Waals surface area contributed by atoms with E-state index in [-0.39, 0.29) is 5.92 Å². The van der Waals surface area contributed by atoms with Crippen LogP contribution in [0, 0.1) is 6.92 Å². The minimum absolute atomic E-state index is 0.0536. The van der Waals surface area contributed by atoms with Crippen molar-refractivity contribution in [2.45, 2.75) is 39.0 Å². The van der Waals surface area contributed by atoms with Crippen LogP contribution < -0.4 is 4.74 Å². The number of hydrogen-bond donors (Lipinski definition) is 0. The van der Waals surface area contributed by atoms with Crippen LogP contribution in [0.1, 0.15) is 54.0 Å². The van der Waals surface area contributed by atoms with Gasteiger partial charge in [0.1, 0.15) is 23.0 Å². The van der Waals surface area contributed by atoms with Gasteiger partial charge >= 0.3 is 0 Å². The number of rotatable bonds is 5. The summed E-state index contributed by atoms with van der Waals surface area (Å²) < 4.78 is 12.4. The number of nitrogens with zero attached hydrogens (tertiary/aromatic N) is 1. The number of fused-ring (bicyclic) bond motifs is 2. The molecule has 0 radical (unpaired) electrons. The van der Waals surface area contributed by atoms with Crippen molar-refractivity contribution in [2.75, 3.05) is 0 Å². The van der Waals surface area contributed by atoms with Crippen LogP contribution in [0.25, 0.3) is 11.3 Å². The Hall–Kier alpha value is -3.33. The number of unbranched alkanes of at least 4 members (excludes halogenated alkanes) is 1. The highest BCUT2D eigenvalue weighted by Crippen LogP contribution is 2.49. The molecule has 30 heavy (non-hydrogen) atoms. The Balaban J connectivity index is 1.63. The van der Waals surface area contributed by atoms with Crippen LogP contribution in [0.15, 0.2) is 77.2 Å². The van der Waals surface area contributed by atoms with Crippen molar-refractivity contribution in [1.82, 2.24) is 4.98 Å². The minimum atomic E-state index is -0.0536. The molecule has 0 bridgehead atoms. The molecule has 4 aromatic rings. The first-order valence-corrected chi connectivity index (χ1v) is 10.7. The fourth-order valence-electron chi connectivity index (χ4n) is 4.25. The molecule has 0 N–H and O–H groups in total. The van der Waals surface area contributed by atoms with E-state index < -0.39 is 0 Å². The molecule has 3 nitrogen and oxygen atoms in total. The molecule has 0 unspecified atom stereocenters. The second-order valence-electron chi connectivity index (χ2n) is 7.86. The first kappa shape index (κ1) is 18.7. The predicted octanol–water partition coefficient (Wildman–Crippen LogP) is 7.28. The first-order valence-electron chi connectivity index (χ1n) is 10.7. The summed E-state index contributed by atoms with van der Waals surface area (Å²) in [7, 11) is 0. The average molecular weight is 396 g/mol. The summed E-state index contributed by atoms with van der Waals surface area (Å²) in [4.78, 5) is 4.79. The predicted molar refractivity (Wildman–Crippen MR) is 119 cm³/mol. The topological polar surface area (TPSA) is 35.3 Å². The van der Waals surface area contributed by atoms with Gasteiger partial charge in [-0.1, -0.05) is 74.0 Å². The summed E-state index contributed by atoms with van der Waals surface area (Å²) in [5.41, 5.74) is 5.57. The third kappa shape index (κ3) is 3.30. The quantitative estimate of drug-likeness (QED) is 0.314. The van der Waals surface area contributed by atoms with Crippen molar-refractivity contribution < 1.29 is 9.15 Å². The molecule has 2 heterocycles. The van der Waals surface area contributed by atoms with Gasteiger partial charge in [0.05, 0.1) is 5.92 Å². The highest BCUT2D eigenvalue weighted by molar-refractivity contribution is 5.67. The Morgan fingerprint density at radius 2 is 1.47 bits per heavy atom. The maximum atomic E-state index is 6.25. The standard InChI is InChI=1S/C27H25NO2/c1-3-4-9-19-14-16-20(17-15-19)26-27(29-18(2)28-26)25-21-10-5-7-12-23(21)30-24-13-8-6-11-22(24)25/h5-8,10-17,25H,3-4,9H2,1-2H3. The van der Waals surface area contributed by atoms with E-state index in [1.807, 2.05) is 31.2 Å². The third-order valence-electron chi connectivity index (χ3n) is 5.75. The number of benzene rings is 3. The highest BCUT2D eigenvalue weighted by atomic mass is 16.5. The third-order valence-corrected chi connectivity index (χ3v) is 5.75. The number of para-hydroxylation sites is 2. The molecule has 0 saturated heterocycles. The monoisotopic (exact) mass is 395 g/mol. The van der Waals surface area contributed by atoms with Gasteiger partial charge in [0.2, 0.25) is 0 Å². The number of oxazole rings is 1. The highest BCUT2D eigenvalue weighted by Gasteiger charge is 2.33. The van der Waals surface area contributed by atoms with Crippen molar-refractivity contribution >= 4 is 0 Å². The van der Waals surface area contributed by atoms with Crippen LogP contribution >= 0.6 is 0 Å². The Morgan fingerprint density at radius 3 is 2.10 bits per heavy atom. The van der Waals surface area contributed by atoms with E-state index in [0.717, 1.165) is 46.1 Å². The number of hydrogen-bond acceptors (Lipinski definition) is 3. The van der Waals surface area contributed by atoms with Gasteiger partial charge in [-0.25, -0.2) is 4.98 Å². The maximum Gasteiger partial charge on any atom is 0.191 e. The number of aryl methyl sites for hydroxylation is 2. The number of ether oxygens (including phenoxy) is 1. The average Bonchev–Trinajstić information content (AvgIpc) is 3.17. The molecular weight excluding hydrogens is 370 g/mol. The lowest BCUT2D eigenvalue weighted by Gasteiger charge is -2.27. The molecule has 0 atom stereocenters. The van der Waals surface area contributed by atoms with Gasteiger partial charge in [-0.05, 0) is 30.5 Å². The van der Waals surface area contributed by atoms with Gasteiger partial charge in [0.25, 0.3) is 0 Å². The summed E-state index contributed by atoms with van der Waals surface area (Å²) in [6.07, 6.45) is 3.53. The SMILES string of the molecule is CCCCc1ccc(-c2nc(C)oc2C2c3ccccc3Oc3ccccc32)cc1. The fourth-order valence-corrected chi connectivity index (χ4v) is 4.25. The molecule has 1 aliphatic heterocycles. The molecule has 3 heteroatoms. The van der Waals surface area contributed by atoms with Crippen LogP contribution in [-0.2, 0) is 6.42 Å². The molecule has 3 aromatic carbocycles. The zero-order valence-electron chi connectivity index (χ0n) is 17.4. The van der Waals surface area contributed by atoms with Crippen molar-refractivity contribution in [3.05, 3.63) is 101 Å². The van der Waals surface area contributed by atoms with Crippen molar-refractivity contribution in [3.63, 3.8) is 0 Å². The normalized spacial score (nSPS) is 12.9. The maximum absolute atomic E-state index is 6.25. The van der Waals surface area contributed by atoms with E-state index in [1.54, 1.807) is 0 Å². The molecule has 5 rings (SSSR count). The molecule has 1 aromatic heterocycles. The molecule has 1 aliphatic rings. The van der Waals surface area contributed by atoms with Crippen LogP contribution in [0.4, 0.5) is 0 Å². The Bertz CT molecular complexity index is 1130. The molecule has 0 spiro atoms. The van der Waals surface area contributed by atoms with Crippen LogP contribution in [0.2, 0.25) is 0 Å². The first-order chi connectivity index (χ1) is 14.7. The van der Waals surface area contributed by atoms with Gasteiger partial charge in [0, 0.05) is 23.6 Å². The lowest BCUT2D eigenvalue weighted by atomic mass is 9.84. The summed E-state index contributed by atoms with van der Waals surface area (Å²) >= 11 is 0. The Kier molecular flexibility index (Phi) is 4.88. The summed E-state index contributed by atoms with van der Waals surface area (Å²) in [5.74, 6) is 3.24. The molecule has 0 aliphatic carbocycles. The largest absolute Gasteiger partial charge is 0.457 e. The van der Waals surface area contributed by atoms with E-state index >= 15 is 0 Å². The Labute approximate surface area is 177 Å². The van der Waals surface area contributed by atoms with Gasteiger partial charge in [-0.3, -0.25) is 0 Å². The van der Waals surface area contributed by atoms with E-state index in [4.69, 9.17) is 14.1 Å². The zero-order valence-corrected chi connectivity index (χ0v) is 17.4. The Morgan fingerprint density at radius 1 is 0.833 bits per heavy atom. The number of aromatic nitrogens is 1. The van der Waals surface area contributed by atoms with Crippen molar-refractivity contribution in [1.29, 1.82) is 0 Å². The molecular formula is C27H25NO2. The van der Waals surface area contributed by atoms with E-state index in [9.17, 15) is 0 Å². The van der Waals surface area contributed by atoms with Gasteiger partial charge in [0.15, 0.2) is 5.89 Å². The van der Waals surface area contributed by atoms with Crippen LogP contribution in [0.3, 0.4) is 0 Å². The lowest BCUT2D eigenvalue weighted by Crippen LogP contribution is -2.11. The van der Waals surface area contributed by atoms with E-state index in [0.29, 0.717) is 5.89 Å². The van der Waals surface area contributed by atoms with Gasteiger partial charge < -0.3 is 9.15 Å². The lowest BCUT2D eigenvalue weighted by molar-refractivity contribution is 0.425. The van der Waals surface area contributed by atoms with Crippen LogP contribution in [-0.4, -0.2) is 4.98 Å². The summed E-state index contributed by atoms with van der Waals surface area (Å²) in [6, 6.07) is 25.1. The second kappa shape index (κ2) is 7.83.